The van der Waals surface area contributed by atoms with Crippen molar-refractivity contribution in [3.05, 3.63) is 93.2 Å². The maximum absolute atomic E-state index is 14.2. The topological polar surface area (TPSA) is 63.4 Å². The Morgan fingerprint density at radius 3 is 2.47 bits per heavy atom. The molecule has 0 aromatic heterocycles. The molecule has 5 rings (SSSR count). The predicted octanol–water partition coefficient (Wildman–Crippen LogP) is 3.43. The summed E-state index contributed by atoms with van der Waals surface area (Å²) in [5, 5.41) is 4.91. The number of carbonyl (C=O) groups excluding carboxylic acids is 1. The molecule has 0 unspecified atom stereocenters. The fourth-order valence-electron chi connectivity index (χ4n) is 4.32. The molecule has 0 saturated carbocycles. The van der Waals surface area contributed by atoms with Gasteiger partial charge in [0.25, 0.3) is 11.5 Å². The Kier molecular flexibility index (Phi) is 5.93. The zero-order valence-corrected chi connectivity index (χ0v) is 19.4. The smallest absolute Gasteiger partial charge is 0.282 e. The lowest BCUT2D eigenvalue weighted by molar-refractivity contribution is 0.0626. The molecule has 34 heavy (non-hydrogen) atoms. The maximum Gasteiger partial charge on any atom is 0.282 e. The highest BCUT2D eigenvalue weighted by Gasteiger charge is 2.29. The summed E-state index contributed by atoms with van der Waals surface area (Å²) in [7, 11) is 1.78. The maximum atomic E-state index is 14.2. The van der Waals surface area contributed by atoms with Gasteiger partial charge in [0.2, 0.25) is 0 Å². The first-order valence-electron chi connectivity index (χ1n) is 11.0. The Labute approximate surface area is 200 Å². The molecule has 9 heteroatoms. The number of piperazine rings is 1. The minimum Gasteiger partial charge on any atom is -0.356 e. The summed E-state index contributed by atoms with van der Waals surface area (Å²) in [6.45, 7) is 2.52. The van der Waals surface area contributed by atoms with Crippen molar-refractivity contribution in [2.45, 2.75) is 6.54 Å². The standard InChI is InChI=1S/C25H23ClFN5O2/c1-29-14-19(23-20(15-29)25(34)32(28-23)17-6-3-2-4-7-17)24(33)31-12-10-30(11-13-31)16-18-21(26)8-5-9-22(18)27/h2-9,14-15H,10-13,16H2,1H3. The van der Waals surface area contributed by atoms with Gasteiger partial charge >= 0.3 is 0 Å². The molecule has 3 aliphatic heterocycles. The van der Waals surface area contributed by atoms with Crippen molar-refractivity contribution in [2.24, 2.45) is 7.05 Å². The number of aryl methyl sites for hydroxylation is 1. The average molecular weight is 480 g/mol. The van der Waals surface area contributed by atoms with E-state index in [-0.39, 0.29) is 17.3 Å². The van der Waals surface area contributed by atoms with Gasteiger partial charge in [0.1, 0.15) is 11.5 Å². The number of para-hydroxylation sites is 1. The summed E-state index contributed by atoms with van der Waals surface area (Å²) < 4.78 is 17.2. The van der Waals surface area contributed by atoms with Gasteiger partial charge in [-0.1, -0.05) is 35.9 Å². The molecule has 0 aliphatic carbocycles. The van der Waals surface area contributed by atoms with E-state index in [1.54, 1.807) is 53.2 Å². The highest BCUT2D eigenvalue weighted by atomic mass is 35.5. The predicted molar refractivity (Wildman–Crippen MR) is 128 cm³/mol. The summed E-state index contributed by atoms with van der Waals surface area (Å²) in [4.78, 5) is 30.3. The third-order valence-electron chi connectivity index (χ3n) is 6.13. The zero-order valence-electron chi connectivity index (χ0n) is 18.6. The van der Waals surface area contributed by atoms with E-state index < -0.39 is 0 Å². The fourth-order valence-corrected chi connectivity index (χ4v) is 4.55. The molecule has 7 nitrogen and oxygen atoms in total. The molecule has 174 valence electrons. The van der Waals surface area contributed by atoms with Gasteiger partial charge in [-0.15, -0.1) is 0 Å². The van der Waals surface area contributed by atoms with Crippen LogP contribution in [0.4, 0.5) is 4.39 Å². The van der Waals surface area contributed by atoms with Crippen LogP contribution in [0.3, 0.4) is 0 Å². The van der Waals surface area contributed by atoms with E-state index in [2.05, 4.69) is 10.00 Å². The van der Waals surface area contributed by atoms with Crippen molar-refractivity contribution >= 4 is 17.5 Å². The van der Waals surface area contributed by atoms with E-state index in [1.807, 2.05) is 18.2 Å². The number of fused-ring (bicyclic) bond motifs is 1. The van der Waals surface area contributed by atoms with Crippen LogP contribution < -0.4 is 5.56 Å². The van der Waals surface area contributed by atoms with Gasteiger partial charge in [0.15, 0.2) is 0 Å². The first-order chi connectivity index (χ1) is 16.4. The largest absolute Gasteiger partial charge is 0.356 e. The molecular formula is C25H23ClFN5O2. The van der Waals surface area contributed by atoms with Gasteiger partial charge in [-0.05, 0) is 24.3 Å². The zero-order chi connectivity index (χ0) is 23.8. The van der Waals surface area contributed by atoms with Crippen molar-refractivity contribution < 1.29 is 9.18 Å². The van der Waals surface area contributed by atoms with Gasteiger partial charge in [-0.25, -0.2) is 4.39 Å². The number of rotatable bonds is 4. The summed E-state index contributed by atoms with van der Waals surface area (Å²) in [5.41, 5.74) is 2.01. The fraction of sp³-hybridized carbons (Fsp3) is 0.240. The number of halogens is 2. The first-order valence-corrected chi connectivity index (χ1v) is 11.4. The molecule has 2 aromatic rings. The molecule has 0 spiro atoms. The van der Waals surface area contributed by atoms with Crippen LogP contribution in [0.2, 0.25) is 5.02 Å². The number of pyridine rings is 1. The first kappa shape index (κ1) is 22.3. The molecule has 1 fully saturated rings. The highest BCUT2D eigenvalue weighted by molar-refractivity contribution is 6.31. The van der Waals surface area contributed by atoms with Crippen molar-refractivity contribution in [3.8, 4) is 16.9 Å². The molecule has 0 radical (unpaired) electrons. The van der Waals surface area contributed by atoms with Crippen LogP contribution in [0.15, 0.2) is 65.7 Å². The minimum absolute atomic E-state index is 0.178. The highest BCUT2D eigenvalue weighted by Crippen LogP contribution is 2.25. The van der Waals surface area contributed by atoms with Gasteiger partial charge in [-0.2, -0.15) is 9.78 Å². The van der Waals surface area contributed by atoms with Crippen LogP contribution in [-0.4, -0.2) is 56.2 Å². The lowest BCUT2D eigenvalue weighted by Gasteiger charge is -2.35. The Morgan fingerprint density at radius 2 is 1.76 bits per heavy atom. The van der Waals surface area contributed by atoms with E-state index in [0.717, 1.165) is 0 Å². The molecule has 2 aromatic carbocycles. The Morgan fingerprint density at radius 1 is 1.03 bits per heavy atom. The molecule has 1 amide bonds. The number of benzene rings is 2. The van der Waals surface area contributed by atoms with Crippen molar-refractivity contribution in [1.29, 1.82) is 0 Å². The summed E-state index contributed by atoms with van der Waals surface area (Å²) in [6.07, 6.45) is 3.40. The number of hydrogen-bond donors (Lipinski definition) is 0. The van der Waals surface area contributed by atoms with Crippen LogP contribution >= 0.6 is 11.6 Å². The van der Waals surface area contributed by atoms with Gasteiger partial charge in [0.05, 0.1) is 16.8 Å². The second-order valence-corrected chi connectivity index (χ2v) is 8.83. The van der Waals surface area contributed by atoms with Crippen LogP contribution in [0.5, 0.6) is 0 Å². The average Bonchev–Trinajstić information content (AvgIpc) is 3.18. The second-order valence-electron chi connectivity index (χ2n) is 8.42. The quantitative estimate of drug-likeness (QED) is 0.450. The molecule has 1 saturated heterocycles. The van der Waals surface area contributed by atoms with E-state index >= 15 is 0 Å². The molecule has 0 bridgehead atoms. The normalized spacial score (nSPS) is 14.6. The molecule has 0 atom stereocenters. The Hall–Kier alpha value is -3.49. The number of amides is 1. The SMILES string of the molecule is Cn1cc(C(=O)N2CCN(Cc3c(F)cccc3Cl)CC2)c2nn(-c3ccccc3)c(=O)c-2c1. The number of nitrogens with zero attached hydrogens (tertiary/aromatic N) is 5. The summed E-state index contributed by atoms with van der Waals surface area (Å²) in [5.74, 6) is -0.505. The van der Waals surface area contributed by atoms with E-state index in [0.29, 0.717) is 65.8 Å². The summed E-state index contributed by atoms with van der Waals surface area (Å²) in [6, 6.07) is 13.8. The molecule has 3 heterocycles. The van der Waals surface area contributed by atoms with Gasteiger partial charge < -0.3 is 9.47 Å². The Bertz CT molecular complexity index is 1360. The Balaban J connectivity index is 1.37. The second kappa shape index (κ2) is 9.04. The van der Waals surface area contributed by atoms with E-state index in [9.17, 15) is 14.0 Å². The van der Waals surface area contributed by atoms with E-state index in [1.165, 1.54) is 10.7 Å². The summed E-state index contributed by atoms with van der Waals surface area (Å²) >= 11 is 6.17. The number of hydrogen-bond acceptors (Lipinski definition) is 4. The van der Waals surface area contributed by atoms with Gasteiger partial charge in [-0.3, -0.25) is 14.5 Å². The lowest BCUT2D eigenvalue weighted by atomic mass is 10.1. The molecular weight excluding hydrogens is 457 g/mol. The number of aromatic nitrogens is 3. The molecule has 0 N–H and O–H groups in total. The monoisotopic (exact) mass is 479 g/mol. The van der Waals surface area contributed by atoms with Crippen LogP contribution in [0.25, 0.3) is 16.9 Å². The number of carbonyl (C=O) groups is 1. The third kappa shape index (κ3) is 4.10. The minimum atomic E-state index is -0.326. The lowest BCUT2D eigenvalue weighted by Crippen LogP contribution is -2.48. The van der Waals surface area contributed by atoms with E-state index in [4.69, 9.17) is 11.6 Å². The molecule has 3 aliphatic rings. The van der Waals surface area contributed by atoms with Crippen molar-refractivity contribution in [2.75, 3.05) is 26.2 Å². The van der Waals surface area contributed by atoms with Crippen LogP contribution in [-0.2, 0) is 13.6 Å². The van der Waals surface area contributed by atoms with Crippen LogP contribution in [0, 0.1) is 5.82 Å². The third-order valence-corrected chi connectivity index (χ3v) is 6.49. The van der Waals surface area contributed by atoms with Crippen molar-refractivity contribution in [1.82, 2.24) is 24.1 Å². The van der Waals surface area contributed by atoms with Crippen LogP contribution in [0.1, 0.15) is 15.9 Å². The van der Waals surface area contributed by atoms with Gasteiger partial charge in [0, 0.05) is 62.8 Å². The van der Waals surface area contributed by atoms with Crippen molar-refractivity contribution in [3.63, 3.8) is 0 Å².